The van der Waals surface area contributed by atoms with Crippen molar-refractivity contribution in [1.82, 2.24) is 0 Å². The topological polar surface area (TPSA) is 18.5 Å². The number of benzene rings is 1. The molecule has 1 aromatic carbocycles. The first-order valence-electron chi connectivity index (χ1n) is 4.80. The highest BCUT2D eigenvalue weighted by molar-refractivity contribution is 7.80. The highest BCUT2D eigenvalue weighted by Crippen LogP contribution is 2.14. The van der Waals surface area contributed by atoms with Gasteiger partial charge in [0.05, 0.1) is 19.3 Å². The van der Waals surface area contributed by atoms with E-state index in [0.29, 0.717) is 13.2 Å². The summed E-state index contributed by atoms with van der Waals surface area (Å²) in [5.41, 5.74) is 1.21. The van der Waals surface area contributed by atoms with Gasteiger partial charge in [0.25, 0.3) is 0 Å². The normalized spacial score (nSPS) is 27.5. The number of rotatable bonds is 2. The van der Waals surface area contributed by atoms with E-state index in [0.717, 1.165) is 6.42 Å². The Balaban J connectivity index is 1.91. The summed E-state index contributed by atoms with van der Waals surface area (Å²) >= 11 is 4.24. The fourth-order valence-electron chi connectivity index (χ4n) is 1.59. The molecule has 1 heterocycles. The molecule has 2 atom stereocenters. The van der Waals surface area contributed by atoms with Crippen LogP contribution in [0.4, 0.5) is 0 Å². The van der Waals surface area contributed by atoms with Crippen LogP contribution in [0.5, 0.6) is 0 Å². The van der Waals surface area contributed by atoms with Crippen molar-refractivity contribution < 1.29 is 9.47 Å². The molecule has 0 bridgehead atoms. The molecule has 0 spiro atoms. The quantitative estimate of drug-likeness (QED) is 0.752. The van der Waals surface area contributed by atoms with Crippen LogP contribution in [0.25, 0.3) is 0 Å². The summed E-state index contributed by atoms with van der Waals surface area (Å²) in [6, 6.07) is 10.3. The Hall–Kier alpha value is -0.510. The fraction of sp³-hybridized carbons (Fsp3) is 0.455. The van der Waals surface area contributed by atoms with E-state index in [-0.39, 0.29) is 11.5 Å². The number of hydrogen-bond donors (Lipinski definition) is 1. The Morgan fingerprint density at radius 1 is 1.21 bits per heavy atom. The van der Waals surface area contributed by atoms with Gasteiger partial charge in [0, 0.05) is 6.42 Å². The van der Waals surface area contributed by atoms with Crippen molar-refractivity contribution in [3.05, 3.63) is 35.9 Å². The first-order valence-corrected chi connectivity index (χ1v) is 5.31. The summed E-state index contributed by atoms with van der Waals surface area (Å²) in [5, 5.41) is 0. The molecule has 0 amide bonds. The van der Waals surface area contributed by atoms with Crippen molar-refractivity contribution >= 4 is 12.6 Å². The minimum absolute atomic E-state index is 0.0718. The molecular weight excluding hydrogens is 196 g/mol. The third kappa shape index (κ3) is 2.74. The van der Waals surface area contributed by atoms with E-state index in [9.17, 15) is 0 Å². The van der Waals surface area contributed by atoms with E-state index in [2.05, 4.69) is 24.8 Å². The number of thiol groups is 1. The highest BCUT2D eigenvalue weighted by Gasteiger charge is 2.20. The lowest BCUT2D eigenvalue weighted by molar-refractivity contribution is -0.102. The lowest BCUT2D eigenvalue weighted by Gasteiger charge is -2.27. The molecule has 2 nitrogen and oxygen atoms in total. The van der Waals surface area contributed by atoms with Gasteiger partial charge in [-0.15, -0.1) is 12.6 Å². The Kier molecular flexibility index (Phi) is 3.45. The molecule has 1 aromatic rings. The van der Waals surface area contributed by atoms with E-state index in [4.69, 9.17) is 9.47 Å². The Bertz CT molecular complexity index is 276. The van der Waals surface area contributed by atoms with Crippen molar-refractivity contribution in [3.8, 4) is 0 Å². The molecule has 1 aliphatic heterocycles. The summed E-state index contributed by atoms with van der Waals surface area (Å²) in [6.45, 7) is 1.26. The van der Waals surface area contributed by atoms with Crippen LogP contribution in [-0.4, -0.2) is 24.8 Å². The molecule has 0 N–H and O–H groups in total. The fourth-order valence-corrected chi connectivity index (χ4v) is 1.86. The molecule has 0 aliphatic carbocycles. The minimum atomic E-state index is -0.0718. The van der Waals surface area contributed by atoms with Gasteiger partial charge in [0.1, 0.15) is 5.44 Å². The van der Waals surface area contributed by atoms with Crippen molar-refractivity contribution in [2.24, 2.45) is 0 Å². The minimum Gasteiger partial charge on any atom is -0.375 e. The molecule has 14 heavy (non-hydrogen) atoms. The zero-order chi connectivity index (χ0) is 9.80. The van der Waals surface area contributed by atoms with Gasteiger partial charge in [0.15, 0.2) is 0 Å². The highest BCUT2D eigenvalue weighted by atomic mass is 32.1. The van der Waals surface area contributed by atoms with Crippen molar-refractivity contribution in [3.63, 3.8) is 0 Å². The Labute approximate surface area is 89.6 Å². The van der Waals surface area contributed by atoms with Crippen LogP contribution in [0.1, 0.15) is 5.56 Å². The second kappa shape index (κ2) is 4.82. The lowest BCUT2D eigenvalue weighted by Crippen LogP contribution is -2.34. The SMILES string of the molecule is SC1COCC(Cc2ccccc2)O1. The first-order chi connectivity index (χ1) is 6.84. The van der Waals surface area contributed by atoms with Crippen molar-refractivity contribution in [2.45, 2.75) is 18.0 Å². The second-order valence-electron chi connectivity index (χ2n) is 3.44. The summed E-state index contributed by atoms with van der Waals surface area (Å²) in [4.78, 5) is 0. The molecule has 0 aromatic heterocycles. The average Bonchev–Trinajstić information content (AvgIpc) is 2.19. The lowest BCUT2D eigenvalue weighted by atomic mass is 10.1. The predicted molar refractivity (Wildman–Crippen MR) is 58.6 cm³/mol. The van der Waals surface area contributed by atoms with E-state index in [1.165, 1.54) is 5.56 Å². The van der Waals surface area contributed by atoms with Gasteiger partial charge < -0.3 is 9.47 Å². The van der Waals surface area contributed by atoms with E-state index in [1.54, 1.807) is 0 Å². The third-order valence-corrected chi connectivity index (χ3v) is 2.49. The number of ether oxygens (including phenoxy) is 2. The van der Waals surface area contributed by atoms with Crippen molar-refractivity contribution in [1.29, 1.82) is 0 Å². The van der Waals surface area contributed by atoms with Gasteiger partial charge in [-0.3, -0.25) is 0 Å². The van der Waals surface area contributed by atoms with Gasteiger partial charge in [-0.25, -0.2) is 0 Å². The second-order valence-corrected chi connectivity index (χ2v) is 4.02. The van der Waals surface area contributed by atoms with Crippen LogP contribution >= 0.6 is 12.6 Å². The Morgan fingerprint density at radius 2 is 2.00 bits per heavy atom. The van der Waals surface area contributed by atoms with Crippen LogP contribution in [-0.2, 0) is 15.9 Å². The molecule has 1 aliphatic rings. The summed E-state index contributed by atoms with van der Waals surface area (Å²) in [5.74, 6) is 0. The largest absolute Gasteiger partial charge is 0.375 e. The standard InChI is InChI=1S/C11H14O2S/c14-11-8-12-7-10(13-11)6-9-4-2-1-3-5-9/h1-5,10-11,14H,6-8H2. The van der Waals surface area contributed by atoms with E-state index < -0.39 is 0 Å². The molecule has 2 unspecified atom stereocenters. The van der Waals surface area contributed by atoms with E-state index >= 15 is 0 Å². The van der Waals surface area contributed by atoms with Crippen LogP contribution in [0, 0.1) is 0 Å². The van der Waals surface area contributed by atoms with Gasteiger partial charge in [-0.2, -0.15) is 0 Å². The smallest absolute Gasteiger partial charge is 0.124 e. The summed E-state index contributed by atoms with van der Waals surface area (Å²) < 4.78 is 11.0. The third-order valence-electron chi connectivity index (χ3n) is 2.22. The molecule has 0 radical (unpaired) electrons. The average molecular weight is 210 g/mol. The van der Waals surface area contributed by atoms with Gasteiger partial charge >= 0.3 is 0 Å². The number of hydrogen-bond acceptors (Lipinski definition) is 3. The molecule has 3 heteroatoms. The Morgan fingerprint density at radius 3 is 2.71 bits per heavy atom. The first kappa shape index (κ1) is 10.0. The van der Waals surface area contributed by atoms with Gasteiger partial charge in [0.2, 0.25) is 0 Å². The summed E-state index contributed by atoms with van der Waals surface area (Å²) in [6.07, 6.45) is 1.05. The maximum atomic E-state index is 5.63. The van der Waals surface area contributed by atoms with Gasteiger partial charge in [-0.05, 0) is 5.56 Å². The van der Waals surface area contributed by atoms with Crippen LogP contribution in [0.15, 0.2) is 30.3 Å². The maximum Gasteiger partial charge on any atom is 0.124 e. The van der Waals surface area contributed by atoms with Gasteiger partial charge in [-0.1, -0.05) is 30.3 Å². The van der Waals surface area contributed by atoms with Crippen molar-refractivity contribution in [2.75, 3.05) is 13.2 Å². The van der Waals surface area contributed by atoms with Crippen LogP contribution in [0.3, 0.4) is 0 Å². The zero-order valence-electron chi connectivity index (χ0n) is 7.93. The predicted octanol–water partition coefficient (Wildman–Crippen LogP) is 1.90. The molecule has 1 fully saturated rings. The molecule has 1 saturated heterocycles. The zero-order valence-corrected chi connectivity index (χ0v) is 8.82. The van der Waals surface area contributed by atoms with Crippen LogP contribution < -0.4 is 0 Å². The molecule has 0 saturated carbocycles. The molecule has 76 valence electrons. The molecule has 2 rings (SSSR count). The van der Waals surface area contributed by atoms with E-state index in [1.807, 2.05) is 18.2 Å². The summed E-state index contributed by atoms with van der Waals surface area (Å²) in [7, 11) is 0. The monoisotopic (exact) mass is 210 g/mol. The van der Waals surface area contributed by atoms with Crippen LogP contribution in [0.2, 0.25) is 0 Å². The maximum absolute atomic E-state index is 5.63. The molecular formula is C11H14O2S.